The number of amides is 1. The molecule has 1 N–H and O–H groups in total. The van der Waals surface area contributed by atoms with Crippen molar-refractivity contribution in [2.75, 3.05) is 11.9 Å². The number of furan rings is 1. The van der Waals surface area contributed by atoms with E-state index < -0.39 is 0 Å². The molecule has 7 heteroatoms. The van der Waals surface area contributed by atoms with Gasteiger partial charge in [0.2, 0.25) is 17.6 Å². The Hall–Kier alpha value is -3.87. The molecule has 0 spiro atoms. The van der Waals surface area contributed by atoms with Crippen LogP contribution in [-0.4, -0.2) is 22.7 Å². The highest BCUT2D eigenvalue weighted by Crippen LogP contribution is 2.21. The largest absolute Gasteiger partial charge is 0.494 e. The van der Waals surface area contributed by atoms with Crippen LogP contribution in [0.5, 0.6) is 5.75 Å². The summed E-state index contributed by atoms with van der Waals surface area (Å²) in [5.74, 6) is 2.07. The second kappa shape index (κ2) is 9.09. The summed E-state index contributed by atoms with van der Waals surface area (Å²) in [6.45, 7) is 2.55. The summed E-state index contributed by atoms with van der Waals surface area (Å²) in [6, 6.07) is 18.6. The van der Waals surface area contributed by atoms with Gasteiger partial charge in [-0.05, 0) is 48.4 Å². The fourth-order valence-corrected chi connectivity index (χ4v) is 3.04. The van der Waals surface area contributed by atoms with Crippen molar-refractivity contribution in [3.8, 4) is 17.3 Å². The molecule has 2 heterocycles. The van der Waals surface area contributed by atoms with Gasteiger partial charge < -0.3 is 19.0 Å². The van der Waals surface area contributed by atoms with Crippen molar-refractivity contribution in [1.29, 1.82) is 0 Å². The molecule has 0 saturated heterocycles. The first-order valence-electron chi connectivity index (χ1n) is 9.67. The smallest absolute Gasteiger partial charge is 0.238 e. The molecule has 0 fully saturated rings. The Morgan fingerprint density at radius 1 is 1.07 bits per heavy atom. The van der Waals surface area contributed by atoms with Crippen LogP contribution in [0.1, 0.15) is 23.9 Å². The Bertz CT molecular complexity index is 1100. The topological polar surface area (TPSA) is 90.4 Å². The SMILES string of the molecule is CCOc1ccc(CC(=O)Nc2ccccc2Cc2nc(-c3ccco3)no2)cc1. The molecule has 4 aromatic rings. The zero-order chi connectivity index (χ0) is 20.8. The molecule has 0 aliphatic heterocycles. The molecule has 4 rings (SSSR count). The lowest BCUT2D eigenvalue weighted by Crippen LogP contribution is -2.15. The van der Waals surface area contributed by atoms with Crippen LogP contribution in [0.3, 0.4) is 0 Å². The predicted molar refractivity (Wildman–Crippen MR) is 111 cm³/mol. The second-order valence-corrected chi connectivity index (χ2v) is 6.62. The van der Waals surface area contributed by atoms with Crippen LogP contribution in [0.2, 0.25) is 0 Å². The molecule has 152 valence electrons. The summed E-state index contributed by atoms with van der Waals surface area (Å²) >= 11 is 0. The fraction of sp³-hybridized carbons (Fsp3) is 0.174. The molecule has 1 amide bonds. The number of para-hydroxylation sites is 1. The van der Waals surface area contributed by atoms with Gasteiger partial charge in [0.15, 0.2) is 5.76 Å². The van der Waals surface area contributed by atoms with E-state index in [-0.39, 0.29) is 12.3 Å². The lowest BCUT2D eigenvalue weighted by Gasteiger charge is -2.10. The van der Waals surface area contributed by atoms with Gasteiger partial charge in [0.05, 0.1) is 25.7 Å². The molecule has 30 heavy (non-hydrogen) atoms. The van der Waals surface area contributed by atoms with Crippen molar-refractivity contribution >= 4 is 11.6 Å². The zero-order valence-electron chi connectivity index (χ0n) is 16.5. The van der Waals surface area contributed by atoms with Crippen molar-refractivity contribution in [3.63, 3.8) is 0 Å². The first kappa shape index (κ1) is 19.4. The van der Waals surface area contributed by atoms with E-state index >= 15 is 0 Å². The Balaban J connectivity index is 1.42. The van der Waals surface area contributed by atoms with Gasteiger partial charge in [0, 0.05) is 5.69 Å². The molecule has 0 bridgehead atoms. The molecule has 7 nitrogen and oxygen atoms in total. The minimum atomic E-state index is -0.103. The standard InChI is InChI=1S/C23H21N3O4/c1-2-28-18-11-9-16(10-12-18)14-21(27)24-19-7-4-3-6-17(19)15-22-25-23(26-30-22)20-8-5-13-29-20/h3-13H,2,14-15H2,1H3,(H,24,27). The van der Waals surface area contributed by atoms with Crippen LogP contribution in [0.4, 0.5) is 5.69 Å². The summed E-state index contributed by atoms with van der Waals surface area (Å²) in [5.41, 5.74) is 2.51. The summed E-state index contributed by atoms with van der Waals surface area (Å²) in [4.78, 5) is 16.9. The van der Waals surface area contributed by atoms with Crippen LogP contribution in [0.15, 0.2) is 75.9 Å². The van der Waals surface area contributed by atoms with Crippen molar-refractivity contribution in [3.05, 3.63) is 83.9 Å². The van der Waals surface area contributed by atoms with Gasteiger partial charge in [-0.25, -0.2) is 0 Å². The third-order valence-electron chi connectivity index (χ3n) is 4.44. The van der Waals surface area contributed by atoms with E-state index in [0.29, 0.717) is 36.2 Å². The van der Waals surface area contributed by atoms with Crippen molar-refractivity contribution in [1.82, 2.24) is 10.1 Å². The highest BCUT2D eigenvalue weighted by Gasteiger charge is 2.14. The molecule has 2 aromatic heterocycles. The summed E-state index contributed by atoms with van der Waals surface area (Å²) in [6.07, 6.45) is 2.22. The van der Waals surface area contributed by atoms with Crippen LogP contribution >= 0.6 is 0 Å². The molecular weight excluding hydrogens is 382 g/mol. The zero-order valence-corrected chi connectivity index (χ0v) is 16.5. The number of ether oxygens (including phenoxy) is 1. The highest BCUT2D eigenvalue weighted by molar-refractivity contribution is 5.93. The number of hydrogen-bond acceptors (Lipinski definition) is 6. The van der Waals surface area contributed by atoms with Crippen LogP contribution in [-0.2, 0) is 17.6 Å². The summed E-state index contributed by atoms with van der Waals surface area (Å²) in [7, 11) is 0. The van der Waals surface area contributed by atoms with E-state index in [4.69, 9.17) is 13.7 Å². The number of aromatic nitrogens is 2. The Labute approximate surface area is 173 Å². The van der Waals surface area contributed by atoms with Gasteiger partial charge in [-0.2, -0.15) is 4.98 Å². The number of hydrogen-bond donors (Lipinski definition) is 1. The summed E-state index contributed by atoms with van der Waals surface area (Å²) in [5, 5.41) is 6.92. The third kappa shape index (κ3) is 4.75. The molecular formula is C23H21N3O4. The number of anilines is 1. The first-order chi connectivity index (χ1) is 14.7. The van der Waals surface area contributed by atoms with E-state index in [9.17, 15) is 4.79 Å². The van der Waals surface area contributed by atoms with Crippen LogP contribution in [0.25, 0.3) is 11.6 Å². The van der Waals surface area contributed by atoms with E-state index in [2.05, 4.69) is 15.5 Å². The van der Waals surface area contributed by atoms with Crippen molar-refractivity contribution < 1.29 is 18.5 Å². The number of carbonyl (C=O) groups excluding carboxylic acids is 1. The van der Waals surface area contributed by atoms with Gasteiger partial charge in [-0.3, -0.25) is 4.79 Å². The Kier molecular flexibility index (Phi) is 5.89. The fourth-order valence-electron chi connectivity index (χ4n) is 3.04. The lowest BCUT2D eigenvalue weighted by molar-refractivity contribution is -0.115. The molecule has 0 saturated carbocycles. The lowest BCUT2D eigenvalue weighted by atomic mass is 10.1. The average molecular weight is 403 g/mol. The normalized spacial score (nSPS) is 10.7. The molecule has 2 aromatic carbocycles. The number of carbonyl (C=O) groups is 1. The van der Waals surface area contributed by atoms with Crippen LogP contribution < -0.4 is 10.1 Å². The molecule has 0 atom stereocenters. The Morgan fingerprint density at radius 2 is 1.90 bits per heavy atom. The van der Waals surface area contributed by atoms with E-state index in [1.54, 1.807) is 18.4 Å². The van der Waals surface area contributed by atoms with E-state index in [1.807, 2.05) is 55.5 Å². The maximum atomic E-state index is 12.6. The van der Waals surface area contributed by atoms with Crippen molar-refractivity contribution in [2.24, 2.45) is 0 Å². The van der Waals surface area contributed by atoms with Gasteiger partial charge >= 0.3 is 0 Å². The number of nitrogens with zero attached hydrogens (tertiary/aromatic N) is 2. The van der Waals surface area contributed by atoms with Crippen LogP contribution in [0, 0.1) is 0 Å². The van der Waals surface area contributed by atoms with E-state index in [0.717, 1.165) is 16.9 Å². The highest BCUT2D eigenvalue weighted by atomic mass is 16.5. The number of nitrogens with one attached hydrogen (secondary N) is 1. The Morgan fingerprint density at radius 3 is 2.67 bits per heavy atom. The first-order valence-corrected chi connectivity index (χ1v) is 9.67. The molecule has 0 unspecified atom stereocenters. The number of rotatable bonds is 8. The second-order valence-electron chi connectivity index (χ2n) is 6.62. The quantitative estimate of drug-likeness (QED) is 0.466. The van der Waals surface area contributed by atoms with Crippen molar-refractivity contribution in [2.45, 2.75) is 19.8 Å². The van der Waals surface area contributed by atoms with Gasteiger partial charge in [0.25, 0.3) is 0 Å². The molecule has 0 aliphatic rings. The number of benzene rings is 2. The third-order valence-corrected chi connectivity index (χ3v) is 4.44. The predicted octanol–water partition coefficient (Wildman–Crippen LogP) is 4.50. The maximum absolute atomic E-state index is 12.6. The monoisotopic (exact) mass is 403 g/mol. The van der Waals surface area contributed by atoms with E-state index in [1.165, 1.54) is 0 Å². The summed E-state index contributed by atoms with van der Waals surface area (Å²) < 4.78 is 16.1. The van der Waals surface area contributed by atoms with Gasteiger partial charge in [0.1, 0.15) is 5.75 Å². The minimum absolute atomic E-state index is 0.103. The minimum Gasteiger partial charge on any atom is -0.494 e. The van der Waals surface area contributed by atoms with Gasteiger partial charge in [-0.1, -0.05) is 35.5 Å². The van der Waals surface area contributed by atoms with Gasteiger partial charge in [-0.15, -0.1) is 0 Å². The molecule has 0 radical (unpaired) electrons. The average Bonchev–Trinajstić information content (AvgIpc) is 3.43. The molecule has 0 aliphatic carbocycles. The maximum Gasteiger partial charge on any atom is 0.238 e.